The Balaban J connectivity index is 1.33. The molecule has 8 aromatic carbocycles. The standard InChI is InChI=1S/C56H40F3N3/c1-35-14-12-19-41(27-35)47-32-44(55-60-50(38-15-6-4-7-16-38)34-51(61-55)39-17-8-5-9-18-39)33-48(42-20-13-21-45(30-42)56(57,58)59)54(47)62-52-23-11-10-22-46(52)49-31-40(24-25-53(49)62)43-28-36(2)26-37(3)29-43/h4-34H,1-3H3. The largest absolute Gasteiger partial charge is 0.416 e. The van der Waals surface area contributed by atoms with Crippen molar-refractivity contribution < 1.29 is 13.2 Å². The van der Waals surface area contributed by atoms with Crippen LogP contribution >= 0.6 is 0 Å². The van der Waals surface area contributed by atoms with Gasteiger partial charge in [0.25, 0.3) is 0 Å². The van der Waals surface area contributed by atoms with Crippen molar-refractivity contribution in [2.75, 3.05) is 0 Å². The Labute approximate surface area is 358 Å². The molecule has 10 rings (SSSR count). The third-order valence-electron chi connectivity index (χ3n) is 11.5. The average Bonchev–Trinajstić information content (AvgIpc) is 3.62. The van der Waals surface area contributed by atoms with Crippen LogP contribution in [0.2, 0.25) is 0 Å². The third-order valence-corrected chi connectivity index (χ3v) is 11.5. The maximum Gasteiger partial charge on any atom is 0.416 e. The number of nitrogens with zero attached hydrogens (tertiary/aromatic N) is 3. The summed E-state index contributed by atoms with van der Waals surface area (Å²) in [5.74, 6) is 0.458. The van der Waals surface area contributed by atoms with Gasteiger partial charge in [-0.25, -0.2) is 9.97 Å². The van der Waals surface area contributed by atoms with Crippen LogP contribution in [0.4, 0.5) is 13.2 Å². The molecule has 2 aromatic heterocycles. The van der Waals surface area contributed by atoms with Gasteiger partial charge in [-0.15, -0.1) is 0 Å². The second-order valence-electron chi connectivity index (χ2n) is 16.0. The number of alkyl halides is 3. The molecule has 0 atom stereocenters. The fourth-order valence-electron chi connectivity index (χ4n) is 8.74. The van der Waals surface area contributed by atoms with Gasteiger partial charge < -0.3 is 4.57 Å². The van der Waals surface area contributed by atoms with Gasteiger partial charge in [-0.2, -0.15) is 13.2 Å². The van der Waals surface area contributed by atoms with Gasteiger partial charge in [0.15, 0.2) is 5.82 Å². The molecule has 0 bridgehead atoms. The molecule has 2 heterocycles. The van der Waals surface area contributed by atoms with Gasteiger partial charge >= 0.3 is 6.18 Å². The molecule has 300 valence electrons. The van der Waals surface area contributed by atoms with E-state index >= 15 is 0 Å². The van der Waals surface area contributed by atoms with Gasteiger partial charge in [-0.3, -0.25) is 0 Å². The minimum absolute atomic E-state index is 0.422. The Hall–Kier alpha value is -7.57. The first-order valence-electron chi connectivity index (χ1n) is 20.6. The first kappa shape index (κ1) is 38.6. The summed E-state index contributed by atoms with van der Waals surface area (Å²) in [6.07, 6.45) is -4.55. The number of halogens is 3. The summed E-state index contributed by atoms with van der Waals surface area (Å²) < 4.78 is 46.1. The maximum atomic E-state index is 14.6. The number of fused-ring (bicyclic) bond motifs is 3. The summed E-state index contributed by atoms with van der Waals surface area (Å²) in [6.45, 7) is 6.27. The summed E-state index contributed by atoms with van der Waals surface area (Å²) >= 11 is 0. The highest BCUT2D eigenvalue weighted by molar-refractivity contribution is 6.12. The highest BCUT2D eigenvalue weighted by atomic mass is 19.4. The normalized spacial score (nSPS) is 11.7. The molecule has 0 saturated carbocycles. The van der Waals surface area contributed by atoms with E-state index in [1.165, 1.54) is 23.3 Å². The van der Waals surface area contributed by atoms with Crippen LogP contribution < -0.4 is 0 Å². The van der Waals surface area contributed by atoms with E-state index in [1.807, 2.05) is 104 Å². The van der Waals surface area contributed by atoms with Crippen molar-refractivity contribution in [1.29, 1.82) is 0 Å². The van der Waals surface area contributed by atoms with E-state index in [4.69, 9.17) is 9.97 Å². The van der Waals surface area contributed by atoms with Gasteiger partial charge in [0.05, 0.1) is 33.7 Å². The van der Waals surface area contributed by atoms with Crippen LogP contribution in [0.25, 0.3) is 94.8 Å². The highest BCUT2D eigenvalue weighted by Gasteiger charge is 2.31. The summed E-state index contributed by atoms with van der Waals surface area (Å²) in [5.41, 5.74) is 14.3. The van der Waals surface area contributed by atoms with Gasteiger partial charge in [0.2, 0.25) is 0 Å². The molecule has 0 aliphatic rings. The smallest absolute Gasteiger partial charge is 0.308 e. The van der Waals surface area contributed by atoms with E-state index in [-0.39, 0.29) is 0 Å². The lowest BCUT2D eigenvalue weighted by Gasteiger charge is -2.22. The van der Waals surface area contributed by atoms with Gasteiger partial charge in [-0.1, -0.05) is 156 Å². The fraction of sp³-hybridized carbons (Fsp3) is 0.0714. The maximum absolute atomic E-state index is 14.6. The highest BCUT2D eigenvalue weighted by Crippen LogP contribution is 2.45. The summed E-state index contributed by atoms with van der Waals surface area (Å²) in [4.78, 5) is 10.4. The number of benzene rings is 8. The summed E-state index contributed by atoms with van der Waals surface area (Å²) in [6, 6.07) is 61.2. The average molecular weight is 812 g/mol. The Morgan fingerprint density at radius 1 is 0.387 bits per heavy atom. The van der Waals surface area contributed by atoms with E-state index < -0.39 is 11.7 Å². The van der Waals surface area contributed by atoms with Crippen LogP contribution in [0, 0.1) is 20.8 Å². The minimum Gasteiger partial charge on any atom is -0.308 e. The van der Waals surface area contributed by atoms with E-state index in [1.54, 1.807) is 6.07 Å². The summed E-state index contributed by atoms with van der Waals surface area (Å²) in [7, 11) is 0. The minimum atomic E-state index is -4.55. The van der Waals surface area contributed by atoms with Crippen LogP contribution in [0.3, 0.4) is 0 Å². The lowest BCUT2D eigenvalue weighted by atomic mass is 9.91. The molecule has 3 nitrogen and oxygen atoms in total. The molecule has 10 aromatic rings. The van der Waals surface area contributed by atoms with E-state index in [2.05, 4.69) is 85.1 Å². The molecule has 0 aliphatic carbocycles. The SMILES string of the molecule is Cc1cc(C)cc(-c2ccc3c(c2)c2ccccc2n3-c2c(-c3cccc(C)c3)cc(-c3nc(-c4ccccc4)cc(-c4ccccc4)n3)cc2-c2cccc(C(F)(F)F)c2)c1. The van der Waals surface area contributed by atoms with Gasteiger partial charge in [-0.05, 0) is 91.6 Å². The molecule has 0 fully saturated rings. The van der Waals surface area contributed by atoms with Crippen molar-refractivity contribution in [1.82, 2.24) is 14.5 Å². The number of hydrogen-bond donors (Lipinski definition) is 0. The van der Waals surface area contributed by atoms with Crippen molar-refractivity contribution in [3.63, 3.8) is 0 Å². The van der Waals surface area contributed by atoms with Crippen molar-refractivity contribution in [3.8, 4) is 73.0 Å². The number of aromatic nitrogens is 3. The molecule has 0 unspecified atom stereocenters. The fourth-order valence-corrected chi connectivity index (χ4v) is 8.74. The molecule has 0 radical (unpaired) electrons. The van der Waals surface area contributed by atoms with Crippen LogP contribution in [0.15, 0.2) is 188 Å². The monoisotopic (exact) mass is 811 g/mol. The van der Waals surface area contributed by atoms with E-state index in [9.17, 15) is 13.2 Å². The molecule has 0 amide bonds. The Morgan fingerprint density at radius 3 is 1.56 bits per heavy atom. The number of aryl methyl sites for hydroxylation is 3. The van der Waals surface area contributed by atoms with Gasteiger partial charge in [0, 0.05) is 38.6 Å². The van der Waals surface area contributed by atoms with Gasteiger partial charge in [0.1, 0.15) is 0 Å². The van der Waals surface area contributed by atoms with Crippen molar-refractivity contribution in [2.45, 2.75) is 26.9 Å². The van der Waals surface area contributed by atoms with Crippen LogP contribution in [0.1, 0.15) is 22.3 Å². The zero-order valence-electron chi connectivity index (χ0n) is 34.4. The lowest BCUT2D eigenvalue weighted by molar-refractivity contribution is -0.137. The molecule has 62 heavy (non-hydrogen) atoms. The second-order valence-corrected chi connectivity index (χ2v) is 16.0. The number of para-hydroxylation sites is 1. The topological polar surface area (TPSA) is 30.7 Å². The first-order chi connectivity index (χ1) is 30.1. The number of rotatable bonds is 7. The lowest BCUT2D eigenvalue weighted by Crippen LogP contribution is -2.06. The Kier molecular flexibility index (Phi) is 9.64. The van der Waals surface area contributed by atoms with Crippen LogP contribution in [-0.4, -0.2) is 14.5 Å². The zero-order valence-corrected chi connectivity index (χ0v) is 34.4. The molecule has 0 N–H and O–H groups in total. The molecular weight excluding hydrogens is 772 g/mol. The van der Waals surface area contributed by atoms with Crippen molar-refractivity contribution in [2.24, 2.45) is 0 Å². The third kappa shape index (κ3) is 7.24. The zero-order chi connectivity index (χ0) is 42.5. The second kappa shape index (κ2) is 15.5. The van der Waals surface area contributed by atoms with Crippen molar-refractivity contribution in [3.05, 3.63) is 210 Å². The van der Waals surface area contributed by atoms with Crippen molar-refractivity contribution >= 4 is 21.8 Å². The predicted octanol–water partition coefficient (Wildman–Crippen LogP) is 15.5. The quantitative estimate of drug-likeness (QED) is 0.160. The van der Waals surface area contributed by atoms with E-state index in [0.717, 1.165) is 83.9 Å². The molecule has 0 saturated heterocycles. The molecule has 6 heteroatoms. The Bertz CT molecular complexity index is 3230. The molecular formula is C56H40F3N3. The van der Waals surface area contributed by atoms with Crippen LogP contribution in [0.5, 0.6) is 0 Å². The van der Waals surface area contributed by atoms with E-state index in [0.29, 0.717) is 22.5 Å². The molecule has 0 spiro atoms. The first-order valence-corrected chi connectivity index (χ1v) is 20.6. The van der Waals surface area contributed by atoms with Crippen LogP contribution in [-0.2, 0) is 6.18 Å². The molecule has 0 aliphatic heterocycles. The number of hydrogen-bond acceptors (Lipinski definition) is 2. The Morgan fingerprint density at radius 2 is 0.935 bits per heavy atom. The predicted molar refractivity (Wildman–Crippen MR) is 248 cm³/mol. The summed E-state index contributed by atoms with van der Waals surface area (Å²) in [5, 5.41) is 2.08.